The summed E-state index contributed by atoms with van der Waals surface area (Å²) in [6, 6.07) is 17.7. The van der Waals surface area contributed by atoms with E-state index in [2.05, 4.69) is 21.2 Å². The smallest absolute Gasteiger partial charge is 0.264 e. The molecule has 2 amide bonds. The van der Waals surface area contributed by atoms with Crippen LogP contribution < -0.4 is 19.1 Å². The molecule has 0 unspecified atom stereocenters. The maximum absolute atomic E-state index is 14.1. The second kappa shape index (κ2) is 15.1. The Morgan fingerprint density at radius 2 is 1.62 bits per heavy atom. The van der Waals surface area contributed by atoms with Crippen molar-refractivity contribution in [2.24, 2.45) is 0 Å². The van der Waals surface area contributed by atoms with Crippen LogP contribution in [-0.4, -0.2) is 58.5 Å². The van der Waals surface area contributed by atoms with Crippen LogP contribution >= 0.6 is 15.9 Å². The summed E-state index contributed by atoms with van der Waals surface area (Å²) in [5.74, 6) is 0.333. The van der Waals surface area contributed by atoms with Gasteiger partial charge in [0, 0.05) is 13.1 Å². The van der Waals surface area contributed by atoms with E-state index in [4.69, 9.17) is 9.47 Å². The number of carbonyl (C=O) groups is 2. The number of benzene rings is 3. The number of carbonyl (C=O) groups excluding carboxylic acids is 2. The molecule has 0 radical (unpaired) electrons. The minimum absolute atomic E-state index is 0.0158. The molecule has 1 atom stereocenters. The SMILES string of the molecule is CCCNC(=O)[C@H](CC)N(Cc1ccc(OC)cc1)C(=O)CN(c1ccc(C)cc1)S(=O)(=O)c1ccc(OC)c(Br)c1. The van der Waals surface area contributed by atoms with Crippen molar-refractivity contribution in [2.45, 2.75) is 51.1 Å². The van der Waals surface area contributed by atoms with Crippen LogP contribution in [0.2, 0.25) is 0 Å². The van der Waals surface area contributed by atoms with Crippen molar-refractivity contribution in [1.82, 2.24) is 10.2 Å². The largest absolute Gasteiger partial charge is 0.497 e. The second-order valence-electron chi connectivity index (χ2n) is 9.73. The normalized spacial score (nSPS) is 11.9. The number of nitrogens with zero attached hydrogens (tertiary/aromatic N) is 2. The molecule has 1 N–H and O–H groups in total. The maximum Gasteiger partial charge on any atom is 0.264 e. The lowest BCUT2D eigenvalue weighted by Crippen LogP contribution is -2.52. The molecule has 3 rings (SSSR count). The Morgan fingerprint density at radius 3 is 2.17 bits per heavy atom. The van der Waals surface area contributed by atoms with Gasteiger partial charge in [-0.1, -0.05) is 43.7 Å². The molecule has 0 aromatic heterocycles. The van der Waals surface area contributed by atoms with Crippen LogP contribution in [0.4, 0.5) is 5.69 Å². The van der Waals surface area contributed by atoms with E-state index >= 15 is 0 Å². The van der Waals surface area contributed by atoms with Crippen LogP contribution in [0.25, 0.3) is 0 Å². The molecule has 0 saturated carbocycles. The molecule has 0 heterocycles. The van der Waals surface area contributed by atoms with E-state index in [-0.39, 0.29) is 17.3 Å². The van der Waals surface area contributed by atoms with E-state index in [1.54, 1.807) is 49.6 Å². The van der Waals surface area contributed by atoms with E-state index in [9.17, 15) is 18.0 Å². The summed E-state index contributed by atoms with van der Waals surface area (Å²) in [5, 5.41) is 2.89. The Balaban J connectivity index is 2.06. The predicted octanol–water partition coefficient (Wildman–Crippen LogP) is 5.30. The summed E-state index contributed by atoms with van der Waals surface area (Å²) in [4.78, 5) is 28.8. The quantitative estimate of drug-likeness (QED) is 0.252. The van der Waals surface area contributed by atoms with Gasteiger partial charge in [-0.25, -0.2) is 8.42 Å². The lowest BCUT2D eigenvalue weighted by atomic mass is 10.1. The van der Waals surface area contributed by atoms with Gasteiger partial charge in [-0.3, -0.25) is 13.9 Å². The summed E-state index contributed by atoms with van der Waals surface area (Å²) < 4.78 is 40.2. The number of sulfonamides is 1. The molecule has 0 aliphatic rings. The monoisotopic (exact) mass is 659 g/mol. The zero-order valence-corrected chi connectivity index (χ0v) is 27.0. The standard InChI is InChI=1S/C31H38BrN3O6S/c1-6-18-33-31(37)28(7-2)34(20-23-10-14-25(40-4)15-11-23)30(36)21-35(24-12-8-22(3)9-13-24)42(38,39)26-16-17-29(41-5)27(32)19-26/h8-17,19,28H,6-7,18,20-21H2,1-5H3,(H,33,37)/t28-/m0/s1. The van der Waals surface area contributed by atoms with E-state index in [1.165, 1.54) is 24.1 Å². The highest BCUT2D eigenvalue weighted by atomic mass is 79.9. The molecular weight excluding hydrogens is 622 g/mol. The van der Waals surface area contributed by atoms with Gasteiger partial charge in [0.05, 0.1) is 29.3 Å². The molecule has 0 fully saturated rings. The molecule has 3 aromatic carbocycles. The van der Waals surface area contributed by atoms with Gasteiger partial charge in [-0.15, -0.1) is 0 Å². The second-order valence-corrected chi connectivity index (χ2v) is 12.4. The van der Waals surface area contributed by atoms with Crippen molar-refractivity contribution >= 4 is 43.5 Å². The van der Waals surface area contributed by atoms with Crippen molar-refractivity contribution in [2.75, 3.05) is 31.6 Å². The Morgan fingerprint density at radius 1 is 0.952 bits per heavy atom. The summed E-state index contributed by atoms with van der Waals surface area (Å²) in [6.45, 7) is 5.73. The number of aryl methyl sites for hydroxylation is 1. The van der Waals surface area contributed by atoms with Crippen LogP contribution in [0.3, 0.4) is 0 Å². The van der Waals surface area contributed by atoms with Crippen molar-refractivity contribution in [3.63, 3.8) is 0 Å². The molecule has 42 heavy (non-hydrogen) atoms. The summed E-state index contributed by atoms with van der Waals surface area (Å²) >= 11 is 3.36. The molecule has 0 aliphatic carbocycles. The third kappa shape index (κ3) is 8.04. The van der Waals surface area contributed by atoms with Crippen molar-refractivity contribution in [1.29, 1.82) is 0 Å². The topological polar surface area (TPSA) is 105 Å². The van der Waals surface area contributed by atoms with E-state index < -0.39 is 28.5 Å². The highest BCUT2D eigenvalue weighted by Crippen LogP contribution is 2.31. The maximum atomic E-state index is 14.1. The van der Waals surface area contributed by atoms with Gasteiger partial charge >= 0.3 is 0 Å². The molecule has 0 saturated heterocycles. The number of hydrogen-bond donors (Lipinski definition) is 1. The van der Waals surface area contributed by atoms with Gasteiger partial charge in [0.15, 0.2) is 0 Å². The van der Waals surface area contributed by atoms with Crippen molar-refractivity contribution in [3.8, 4) is 11.5 Å². The van der Waals surface area contributed by atoms with Crippen molar-refractivity contribution < 1.29 is 27.5 Å². The summed E-state index contributed by atoms with van der Waals surface area (Å²) in [5.41, 5.74) is 2.04. The molecule has 0 spiro atoms. The molecular formula is C31H38BrN3O6S. The van der Waals surface area contributed by atoms with Gasteiger partial charge in [0.1, 0.15) is 24.1 Å². The molecule has 3 aromatic rings. The Bertz CT molecular complexity index is 1460. The Labute approximate surface area is 257 Å². The lowest BCUT2D eigenvalue weighted by Gasteiger charge is -2.33. The zero-order chi connectivity index (χ0) is 30.9. The highest BCUT2D eigenvalue weighted by molar-refractivity contribution is 9.10. The third-order valence-corrected chi connectivity index (χ3v) is 9.15. The minimum atomic E-state index is -4.21. The highest BCUT2D eigenvalue weighted by Gasteiger charge is 2.34. The zero-order valence-electron chi connectivity index (χ0n) is 24.6. The average molecular weight is 661 g/mol. The molecule has 226 valence electrons. The number of rotatable bonds is 14. The first-order valence-corrected chi connectivity index (χ1v) is 15.9. The predicted molar refractivity (Wildman–Crippen MR) is 167 cm³/mol. The fourth-order valence-corrected chi connectivity index (χ4v) is 6.52. The van der Waals surface area contributed by atoms with Gasteiger partial charge < -0.3 is 19.7 Å². The Hall–Kier alpha value is -3.57. The van der Waals surface area contributed by atoms with Crippen LogP contribution in [0.15, 0.2) is 76.1 Å². The van der Waals surface area contributed by atoms with Crippen LogP contribution in [0.1, 0.15) is 37.8 Å². The van der Waals surface area contributed by atoms with Crippen LogP contribution in [-0.2, 0) is 26.2 Å². The minimum Gasteiger partial charge on any atom is -0.497 e. The fourth-order valence-electron chi connectivity index (χ4n) is 4.39. The molecule has 0 aliphatic heterocycles. The molecule has 0 bridgehead atoms. The van der Waals surface area contributed by atoms with Gasteiger partial charge in [0.25, 0.3) is 10.0 Å². The number of methoxy groups -OCH3 is 2. The Kier molecular flexibility index (Phi) is 11.8. The molecule has 9 nitrogen and oxygen atoms in total. The third-order valence-electron chi connectivity index (χ3n) is 6.76. The summed E-state index contributed by atoms with van der Waals surface area (Å²) in [6.07, 6.45) is 1.09. The van der Waals surface area contributed by atoms with E-state index in [0.717, 1.165) is 21.9 Å². The number of ether oxygens (including phenoxy) is 2. The van der Waals surface area contributed by atoms with Gasteiger partial charge in [-0.2, -0.15) is 0 Å². The average Bonchev–Trinajstić information content (AvgIpc) is 2.99. The number of anilines is 1. The summed E-state index contributed by atoms with van der Waals surface area (Å²) in [7, 11) is -1.15. The van der Waals surface area contributed by atoms with Gasteiger partial charge in [0.2, 0.25) is 11.8 Å². The number of nitrogens with one attached hydrogen (secondary N) is 1. The molecule has 11 heteroatoms. The first kappa shape index (κ1) is 32.9. The fraction of sp³-hybridized carbons (Fsp3) is 0.355. The van der Waals surface area contributed by atoms with Gasteiger partial charge in [-0.05, 0) is 83.7 Å². The van der Waals surface area contributed by atoms with E-state index in [0.29, 0.717) is 34.6 Å². The lowest BCUT2D eigenvalue weighted by molar-refractivity contribution is -0.140. The van der Waals surface area contributed by atoms with Crippen LogP contribution in [0, 0.1) is 6.92 Å². The number of amides is 2. The van der Waals surface area contributed by atoms with E-state index in [1.807, 2.05) is 32.9 Å². The number of halogens is 1. The number of hydrogen-bond acceptors (Lipinski definition) is 6. The first-order valence-electron chi connectivity index (χ1n) is 13.7. The first-order chi connectivity index (χ1) is 20.0. The van der Waals surface area contributed by atoms with Crippen molar-refractivity contribution in [3.05, 3.63) is 82.3 Å². The van der Waals surface area contributed by atoms with Crippen LogP contribution in [0.5, 0.6) is 11.5 Å².